The van der Waals surface area contributed by atoms with Gasteiger partial charge in [0.15, 0.2) is 0 Å². The highest BCUT2D eigenvalue weighted by Gasteiger charge is 2.02. The van der Waals surface area contributed by atoms with E-state index in [-0.39, 0.29) is 36.6 Å². The quantitative estimate of drug-likeness (QED) is 0.0706. The van der Waals surface area contributed by atoms with Crippen LogP contribution in [0.3, 0.4) is 0 Å². The topological polar surface area (TPSA) is 173 Å². The van der Waals surface area contributed by atoms with E-state index in [9.17, 15) is 45.0 Å². The van der Waals surface area contributed by atoms with E-state index in [1.807, 2.05) is 0 Å². The fraction of sp³-hybridized carbons (Fsp3) is 0.438. The highest BCUT2D eigenvalue weighted by atomic mass is 16.3. The zero-order valence-corrected chi connectivity index (χ0v) is 33.5. The molecule has 0 unspecified atom stereocenters. The molecule has 6 atom stereocenters. The number of allylic oxidation sites excluding steroid dienone is 9. The molecule has 0 aliphatic carbocycles. The van der Waals surface area contributed by atoms with E-state index in [0.717, 1.165) is 0 Å². The second-order valence-electron chi connectivity index (χ2n) is 12.4. The molecule has 0 aromatic carbocycles. The first-order valence-electron chi connectivity index (χ1n) is 18.6. The fourth-order valence-electron chi connectivity index (χ4n) is 3.74. The Morgan fingerprint density at radius 1 is 0.456 bits per heavy atom. The SMILES string of the molecule is C#CC[C@@H](O)/C=C/C=C/C#C[C@H](O)CCCC(C)=O.C#CC[C@@H](O)/C=C/C=C/C#C[C@H](O)CCCC(C)=O.C#CC[C@H](O)/C=C/C=C/C#C[C@@H](O)CCCC(C)=O. The molecule has 57 heavy (non-hydrogen) atoms. The molecule has 0 fully saturated rings. The highest BCUT2D eigenvalue weighted by Crippen LogP contribution is 2.02. The molecule has 0 aromatic heterocycles. The van der Waals surface area contributed by atoms with Gasteiger partial charge in [-0.3, -0.25) is 0 Å². The summed E-state index contributed by atoms with van der Waals surface area (Å²) in [7, 11) is 0. The average Bonchev–Trinajstić information content (AvgIpc) is 3.13. The number of aliphatic hydroxyl groups is 6. The Bertz CT molecular complexity index is 1440. The van der Waals surface area contributed by atoms with E-state index < -0.39 is 36.6 Å². The Labute approximate surface area is 341 Å². The Balaban J connectivity index is -0.000000767. The molecule has 0 saturated heterocycles. The number of carbonyl (C=O) groups is 3. The first-order chi connectivity index (χ1) is 27.2. The molecule has 9 nitrogen and oxygen atoms in total. The zero-order valence-electron chi connectivity index (χ0n) is 33.5. The third kappa shape index (κ3) is 50.6. The number of hydrogen-bond acceptors (Lipinski definition) is 9. The molecule has 0 aliphatic heterocycles. The molecule has 0 heterocycles. The number of Topliss-reactive ketones (excluding diaryl/α,β-unsaturated/α-hetero) is 3. The number of hydrogen-bond donors (Lipinski definition) is 6. The van der Waals surface area contributed by atoms with E-state index in [4.69, 9.17) is 19.3 Å². The van der Waals surface area contributed by atoms with Crippen LogP contribution in [0.2, 0.25) is 0 Å². The standard InChI is InChI=1S/3C16H20O3/c3*1-3-9-15(18)11-6-4-5-7-12-16(19)13-8-10-14(2)17/h3*1,4-6,11,15-16,18-19H,8-10,13H2,2H3/b3*5-4+,11-6+/t3*15-,16+/m110/s1. The minimum Gasteiger partial charge on any atom is -0.388 e. The van der Waals surface area contributed by atoms with Gasteiger partial charge in [-0.2, -0.15) is 0 Å². The van der Waals surface area contributed by atoms with Gasteiger partial charge in [-0.15, -0.1) is 37.0 Å². The van der Waals surface area contributed by atoms with Crippen molar-refractivity contribution in [2.75, 3.05) is 0 Å². The highest BCUT2D eigenvalue weighted by molar-refractivity contribution is 5.76. The summed E-state index contributed by atoms with van der Waals surface area (Å²) < 4.78 is 0. The van der Waals surface area contributed by atoms with E-state index in [1.165, 1.54) is 20.8 Å². The molecule has 0 amide bonds. The van der Waals surface area contributed by atoms with Crippen molar-refractivity contribution in [3.05, 3.63) is 72.9 Å². The van der Waals surface area contributed by atoms with Gasteiger partial charge in [-0.1, -0.05) is 90.2 Å². The van der Waals surface area contributed by atoms with Crippen LogP contribution in [0, 0.1) is 72.6 Å². The first kappa shape index (κ1) is 55.9. The van der Waals surface area contributed by atoms with Crippen LogP contribution in [0.5, 0.6) is 0 Å². The third-order valence-corrected chi connectivity index (χ3v) is 6.62. The fourth-order valence-corrected chi connectivity index (χ4v) is 3.74. The normalized spacial score (nSPS) is 13.8. The summed E-state index contributed by atoms with van der Waals surface area (Å²) in [6.45, 7) is 4.59. The average molecular weight is 781 g/mol. The van der Waals surface area contributed by atoms with Gasteiger partial charge < -0.3 is 45.0 Å². The number of rotatable bonds is 21. The van der Waals surface area contributed by atoms with E-state index in [1.54, 1.807) is 72.9 Å². The lowest BCUT2D eigenvalue weighted by Crippen LogP contribution is -2.03. The van der Waals surface area contributed by atoms with Crippen molar-refractivity contribution >= 4 is 17.3 Å². The van der Waals surface area contributed by atoms with Crippen LogP contribution in [0.4, 0.5) is 0 Å². The second-order valence-corrected chi connectivity index (χ2v) is 12.4. The zero-order chi connectivity index (χ0) is 43.5. The van der Waals surface area contributed by atoms with Crippen LogP contribution in [0.1, 0.15) is 97.8 Å². The molecule has 0 rings (SSSR count). The van der Waals surface area contributed by atoms with Crippen LogP contribution in [0.25, 0.3) is 0 Å². The molecule has 306 valence electrons. The lowest BCUT2D eigenvalue weighted by atomic mass is 10.1. The Morgan fingerprint density at radius 2 is 0.702 bits per heavy atom. The van der Waals surface area contributed by atoms with Crippen LogP contribution >= 0.6 is 0 Å². The van der Waals surface area contributed by atoms with Crippen LogP contribution in [-0.2, 0) is 14.4 Å². The van der Waals surface area contributed by atoms with Crippen molar-refractivity contribution in [3.63, 3.8) is 0 Å². The summed E-state index contributed by atoms with van der Waals surface area (Å²) in [6, 6.07) is 0. The lowest BCUT2D eigenvalue weighted by Gasteiger charge is -2.00. The maximum atomic E-state index is 10.7. The van der Waals surface area contributed by atoms with E-state index in [2.05, 4.69) is 53.3 Å². The van der Waals surface area contributed by atoms with Crippen LogP contribution in [0.15, 0.2) is 72.9 Å². The first-order valence-corrected chi connectivity index (χ1v) is 18.6. The van der Waals surface area contributed by atoms with Gasteiger partial charge in [0.05, 0.1) is 18.3 Å². The van der Waals surface area contributed by atoms with Crippen molar-refractivity contribution in [1.29, 1.82) is 0 Å². The number of terminal acetylenes is 3. The minimum atomic E-state index is -0.708. The van der Waals surface area contributed by atoms with E-state index in [0.29, 0.717) is 57.8 Å². The largest absolute Gasteiger partial charge is 0.388 e. The minimum absolute atomic E-state index is 0.121. The van der Waals surface area contributed by atoms with E-state index >= 15 is 0 Å². The molecule has 9 heteroatoms. The molecular weight excluding hydrogens is 721 g/mol. The maximum absolute atomic E-state index is 10.7. The van der Waals surface area contributed by atoms with Gasteiger partial charge >= 0.3 is 0 Å². The smallest absolute Gasteiger partial charge is 0.129 e. The summed E-state index contributed by atoms with van der Waals surface area (Å²) in [4.78, 5) is 32.1. The molecule has 0 aromatic rings. The van der Waals surface area contributed by atoms with Crippen LogP contribution < -0.4 is 0 Å². The molecule has 0 aliphatic rings. The summed E-state index contributed by atoms with van der Waals surface area (Å²) in [6.07, 6.45) is 36.2. The predicted octanol–water partition coefficient (Wildman–Crippen LogP) is 4.82. The molecule has 0 radical (unpaired) electrons. The third-order valence-electron chi connectivity index (χ3n) is 6.62. The summed E-state index contributed by atoms with van der Waals surface area (Å²) in [5.41, 5.74) is 0. The monoisotopic (exact) mass is 780 g/mol. The summed E-state index contributed by atoms with van der Waals surface area (Å²) in [5.74, 6) is 23.4. The van der Waals surface area contributed by atoms with Crippen molar-refractivity contribution in [1.82, 2.24) is 0 Å². The molecule has 0 bridgehead atoms. The number of aliphatic hydroxyl groups excluding tert-OH is 6. The van der Waals surface area contributed by atoms with Crippen molar-refractivity contribution in [2.24, 2.45) is 0 Å². The van der Waals surface area contributed by atoms with Crippen molar-refractivity contribution in [2.45, 2.75) is 134 Å². The molecule has 0 spiro atoms. The molecular formula is C48H60O9. The predicted molar refractivity (Wildman–Crippen MR) is 228 cm³/mol. The Kier molecular flexibility index (Phi) is 40.9. The van der Waals surface area contributed by atoms with Gasteiger partial charge in [0.2, 0.25) is 0 Å². The van der Waals surface area contributed by atoms with Gasteiger partial charge in [-0.05, 0) is 77.5 Å². The number of carbonyl (C=O) groups excluding carboxylic acids is 3. The lowest BCUT2D eigenvalue weighted by molar-refractivity contribution is -0.118. The Hall–Kier alpha value is -5.43. The summed E-state index contributed by atoms with van der Waals surface area (Å²) >= 11 is 0. The van der Waals surface area contributed by atoms with Gasteiger partial charge in [0.1, 0.15) is 35.7 Å². The molecule has 0 saturated carbocycles. The maximum Gasteiger partial charge on any atom is 0.129 e. The number of ketones is 3. The summed E-state index contributed by atoms with van der Waals surface area (Å²) in [5, 5.41) is 56.2. The van der Waals surface area contributed by atoms with Gasteiger partial charge in [0.25, 0.3) is 0 Å². The van der Waals surface area contributed by atoms with Gasteiger partial charge in [-0.25, -0.2) is 0 Å². The van der Waals surface area contributed by atoms with Crippen molar-refractivity contribution in [3.8, 4) is 72.6 Å². The van der Waals surface area contributed by atoms with Crippen LogP contribution in [-0.4, -0.2) is 84.6 Å². The van der Waals surface area contributed by atoms with Crippen molar-refractivity contribution < 1.29 is 45.0 Å². The van der Waals surface area contributed by atoms with Gasteiger partial charge in [0, 0.05) is 38.5 Å². The second kappa shape index (κ2) is 41.7. The molecule has 6 N–H and O–H groups in total. The Morgan fingerprint density at radius 3 is 0.912 bits per heavy atom.